The third-order valence-corrected chi connectivity index (χ3v) is 3.84. The van der Waals surface area contributed by atoms with Gasteiger partial charge in [-0.25, -0.2) is 0 Å². The van der Waals surface area contributed by atoms with Gasteiger partial charge in [0, 0.05) is 30.3 Å². The van der Waals surface area contributed by atoms with Gasteiger partial charge in [-0.2, -0.15) is 0 Å². The molecule has 0 saturated heterocycles. The molecule has 3 nitrogen and oxygen atoms in total. The van der Waals surface area contributed by atoms with Crippen molar-refractivity contribution in [2.24, 2.45) is 5.92 Å². The van der Waals surface area contributed by atoms with E-state index in [9.17, 15) is 0 Å². The Morgan fingerprint density at radius 1 is 1.67 bits per heavy atom. The minimum Gasteiger partial charge on any atom is -0.383 e. The Hall–Kier alpha value is -0.450. The van der Waals surface area contributed by atoms with Crippen LogP contribution in [0.3, 0.4) is 0 Å². The topological polar surface area (TPSA) is 34.1 Å². The lowest BCUT2D eigenvalue weighted by Gasteiger charge is -2.21. The van der Waals surface area contributed by atoms with Gasteiger partial charge < -0.3 is 10.1 Å². The van der Waals surface area contributed by atoms with E-state index >= 15 is 0 Å². The van der Waals surface area contributed by atoms with Crippen LogP contribution in [0.25, 0.3) is 0 Å². The summed E-state index contributed by atoms with van der Waals surface area (Å²) < 4.78 is 5.25. The predicted molar refractivity (Wildman–Crippen MR) is 62.1 cm³/mol. The van der Waals surface area contributed by atoms with Crippen LogP contribution >= 0.6 is 11.3 Å². The molecule has 1 heterocycles. The van der Waals surface area contributed by atoms with Crippen LogP contribution in [0.1, 0.15) is 30.7 Å². The lowest BCUT2D eigenvalue weighted by atomic mass is 10.1. The molecule has 1 fully saturated rings. The van der Waals surface area contributed by atoms with E-state index < -0.39 is 0 Å². The molecule has 0 aliphatic heterocycles. The lowest BCUT2D eigenvalue weighted by molar-refractivity contribution is 0.152. The van der Waals surface area contributed by atoms with E-state index in [1.807, 2.05) is 11.7 Å². The van der Waals surface area contributed by atoms with Crippen molar-refractivity contribution >= 4 is 11.3 Å². The maximum absolute atomic E-state index is 5.25. The van der Waals surface area contributed by atoms with Crippen LogP contribution in [0.15, 0.2) is 11.7 Å². The molecular formula is C11H18N2OS. The summed E-state index contributed by atoms with van der Waals surface area (Å²) in [6.45, 7) is 3.01. The van der Waals surface area contributed by atoms with Gasteiger partial charge in [0.25, 0.3) is 0 Å². The molecule has 2 unspecified atom stereocenters. The van der Waals surface area contributed by atoms with Crippen molar-refractivity contribution in [2.75, 3.05) is 13.7 Å². The SMILES string of the molecule is COCC(NC(C)c1cncs1)C1CC1. The van der Waals surface area contributed by atoms with Gasteiger partial charge in [-0.1, -0.05) is 0 Å². The molecule has 2 rings (SSSR count). The van der Waals surface area contributed by atoms with Crippen LogP contribution in [-0.2, 0) is 4.74 Å². The molecule has 0 amide bonds. The second-order valence-corrected chi connectivity index (χ2v) is 5.11. The van der Waals surface area contributed by atoms with Crippen molar-refractivity contribution < 1.29 is 4.74 Å². The van der Waals surface area contributed by atoms with Gasteiger partial charge in [-0.05, 0) is 25.7 Å². The molecule has 1 aliphatic rings. The number of ether oxygens (including phenoxy) is 1. The van der Waals surface area contributed by atoms with Crippen LogP contribution in [0.5, 0.6) is 0 Å². The molecule has 1 aromatic rings. The van der Waals surface area contributed by atoms with E-state index in [-0.39, 0.29) is 0 Å². The van der Waals surface area contributed by atoms with Gasteiger partial charge in [0.05, 0.1) is 12.1 Å². The molecule has 0 aromatic carbocycles. The maximum atomic E-state index is 5.25. The van der Waals surface area contributed by atoms with E-state index in [1.165, 1.54) is 17.7 Å². The van der Waals surface area contributed by atoms with Crippen LogP contribution in [0.2, 0.25) is 0 Å². The average molecular weight is 226 g/mol. The van der Waals surface area contributed by atoms with Crippen LogP contribution in [0.4, 0.5) is 0 Å². The van der Waals surface area contributed by atoms with Crippen molar-refractivity contribution in [3.8, 4) is 0 Å². The van der Waals surface area contributed by atoms with Crippen molar-refractivity contribution in [3.63, 3.8) is 0 Å². The molecule has 0 spiro atoms. The monoisotopic (exact) mass is 226 g/mol. The van der Waals surface area contributed by atoms with Gasteiger partial charge in [0.2, 0.25) is 0 Å². The van der Waals surface area contributed by atoms with Gasteiger partial charge in [0.15, 0.2) is 0 Å². The summed E-state index contributed by atoms with van der Waals surface area (Å²) in [4.78, 5) is 5.41. The zero-order chi connectivity index (χ0) is 10.7. The zero-order valence-corrected chi connectivity index (χ0v) is 10.1. The second-order valence-electron chi connectivity index (χ2n) is 4.19. The standard InChI is InChI=1S/C11H18N2OS/c1-8(11-5-12-7-15-11)13-10(6-14-2)9-3-4-9/h5,7-10,13H,3-4,6H2,1-2H3. The Kier molecular flexibility index (Phi) is 3.72. The van der Waals surface area contributed by atoms with E-state index in [0.717, 1.165) is 12.5 Å². The van der Waals surface area contributed by atoms with Crippen LogP contribution in [0, 0.1) is 5.92 Å². The minimum absolute atomic E-state index is 0.387. The maximum Gasteiger partial charge on any atom is 0.0794 e. The Bertz CT molecular complexity index is 285. The van der Waals surface area contributed by atoms with Gasteiger partial charge in [0.1, 0.15) is 0 Å². The number of nitrogens with one attached hydrogen (secondary N) is 1. The summed E-state index contributed by atoms with van der Waals surface area (Å²) in [7, 11) is 1.77. The number of aromatic nitrogens is 1. The Balaban J connectivity index is 1.88. The van der Waals surface area contributed by atoms with Crippen LogP contribution in [-0.4, -0.2) is 24.7 Å². The van der Waals surface area contributed by atoms with E-state index in [0.29, 0.717) is 12.1 Å². The van der Waals surface area contributed by atoms with E-state index in [4.69, 9.17) is 4.74 Å². The fourth-order valence-corrected chi connectivity index (χ4v) is 2.48. The first-order chi connectivity index (χ1) is 7.31. The van der Waals surface area contributed by atoms with E-state index in [2.05, 4.69) is 17.2 Å². The van der Waals surface area contributed by atoms with Crippen LogP contribution < -0.4 is 5.32 Å². The number of rotatable bonds is 6. The molecule has 1 aromatic heterocycles. The highest BCUT2D eigenvalue weighted by Gasteiger charge is 2.32. The largest absolute Gasteiger partial charge is 0.383 e. The Morgan fingerprint density at radius 2 is 2.47 bits per heavy atom. The molecule has 1 N–H and O–H groups in total. The fraction of sp³-hybridized carbons (Fsp3) is 0.727. The third-order valence-electron chi connectivity index (χ3n) is 2.88. The zero-order valence-electron chi connectivity index (χ0n) is 9.27. The van der Waals surface area contributed by atoms with Gasteiger partial charge >= 0.3 is 0 Å². The average Bonchev–Trinajstić information content (AvgIpc) is 2.92. The highest BCUT2D eigenvalue weighted by Crippen LogP contribution is 2.34. The quantitative estimate of drug-likeness (QED) is 0.807. The number of methoxy groups -OCH3 is 1. The number of nitrogens with zero attached hydrogens (tertiary/aromatic N) is 1. The number of thiazole rings is 1. The highest BCUT2D eigenvalue weighted by atomic mass is 32.1. The molecule has 1 saturated carbocycles. The molecule has 15 heavy (non-hydrogen) atoms. The van der Waals surface area contributed by atoms with Gasteiger partial charge in [-0.15, -0.1) is 11.3 Å². The van der Waals surface area contributed by atoms with Gasteiger partial charge in [-0.3, -0.25) is 4.98 Å². The second kappa shape index (κ2) is 5.05. The molecule has 4 heteroatoms. The summed E-state index contributed by atoms with van der Waals surface area (Å²) in [6, 6.07) is 0.894. The third kappa shape index (κ3) is 3.00. The molecule has 84 valence electrons. The Labute approximate surface area is 94.9 Å². The van der Waals surface area contributed by atoms with Crippen molar-refractivity contribution in [2.45, 2.75) is 31.8 Å². The number of hydrogen-bond acceptors (Lipinski definition) is 4. The molecule has 0 radical (unpaired) electrons. The predicted octanol–water partition coefficient (Wildman–Crippen LogP) is 2.22. The lowest BCUT2D eigenvalue weighted by Crippen LogP contribution is -2.36. The van der Waals surface area contributed by atoms with Crippen molar-refractivity contribution in [1.82, 2.24) is 10.3 Å². The molecule has 2 atom stereocenters. The molecule has 0 bridgehead atoms. The smallest absolute Gasteiger partial charge is 0.0794 e. The first kappa shape index (κ1) is 11.0. The summed E-state index contributed by atoms with van der Waals surface area (Å²) in [5.74, 6) is 0.820. The molecular weight excluding hydrogens is 208 g/mol. The van der Waals surface area contributed by atoms with Crippen molar-refractivity contribution in [3.05, 3.63) is 16.6 Å². The first-order valence-electron chi connectivity index (χ1n) is 5.44. The molecule has 1 aliphatic carbocycles. The summed E-state index contributed by atoms with van der Waals surface area (Å²) in [6.07, 6.45) is 4.63. The van der Waals surface area contributed by atoms with E-state index in [1.54, 1.807) is 18.4 Å². The normalized spacial score (nSPS) is 20.1. The fourth-order valence-electron chi connectivity index (χ4n) is 1.84. The summed E-state index contributed by atoms with van der Waals surface area (Å²) >= 11 is 1.71. The number of hydrogen-bond donors (Lipinski definition) is 1. The summed E-state index contributed by atoms with van der Waals surface area (Å²) in [5, 5.41) is 3.63. The minimum atomic E-state index is 0.387. The first-order valence-corrected chi connectivity index (χ1v) is 6.32. The Morgan fingerprint density at radius 3 is 3.00 bits per heavy atom. The highest BCUT2D eigenvalue weighted by molar-refractivity contribution is 7.09. The summed E-state index contributed by atoms with van der Waals surface area (Å²) in [5.41, 5.74) is 1.88. The van der Waals surface area contributed by atoms with Crippen molar-refractivity contribution in [1.29, 1.82) is 0 Å².